The molecule has 138 valence electrons. The lowest BCUT2D eigenvalue weighted by atomic mass is 10.0. The molecule has 1 aromatic heterocycles. The predicted molar refractivity (Wildman–Crippen MR) is 91.8 cm³/mol. The van der Waals surface area contributed by atoms with Crippen LogP contribution >= 0.6 is 0 Å². The van der Waals surface area contributed by atoms with Gasteiger partial charge in [0, 0.05) is 23.4 Å². The Morgan fingerprint density at radius 3 is 2.54 bits per heavy atom. The molecule has 0 unspecified atom stereocenters. The van der Waals surface area contributed by atoms with Crippen molar-refractivity contribution in [2.75, 3.05) is 12.1 Å². The smallest absolute Gasteiger partial charge is 0.274 e. The third-order valence-electron chi connectivity index (χ3n) is 4.04. The maximum absolute atomic E-state index is 13.4. The number of nitrogens with one attached hydrogen (secondary N) is 2. The number of fused-ring (bicyclic) bond motifs is 1. The normalized spacial score (nSPS) is 12.8. The summed E-state index contributed by atoms with van der Waals surface area (Å²) in [4.78, 5) is 16.9. The van der Waals surface area contributed by atoms with Gasteiger partial charge >= 0.3 is 0 Å². The van der Waals surface area contributed by atoms with E-state index in [9.17, 15) is 13.6 Å². The fraction of sp³-hybridized carbons (Fsp3) is 0.333. The molecule has 2 heterocycles. The summed E-state index contributed by atoms with van der Waals surface area (Å²) in [5.41, 5.74) is -0.227. The van der Waals surface area contributed by atoms with Gasteiger partial charge in [-0.1, -0.05) is 6.92 Å². The second-order valence-electron chi connectivity index (χ2n) is 6.56. The molecule has 0 bridgehead atoms. The minimum atomic E-state index is -0.726. The largest absolute Gasteiger partial charge is 0.453 e. The summed E-state index contributed by atoms with van der Waals surface area (Å²) in [5, 5.41) is 5.66. The number of anilines is 2. The van der Waals surface area contributed by atoms with Crippen LogP contribution in [0.2, 0.25) is 0 Å². The average molecular weight is 363 g/mol. The number of aromatic nitrogens is 1. The topological polar surface area (TPSA) is 72.5 Å². The molecule has 2 N–H and O–H groups in total. The highest BCUT2D eigenvalue weighted by molar-refractivity contribution is 5.97. The van der Waals surface area contributed by atoms with E-state index < -0.39 is 23.1 Å². The van der Waals surface area contributed by atoms with Crippen molar-refractivity contribution < 1.29 is 23.0 Å². The van der Waals surface area contributed by atoms with Gasteiger partial charge in [0.05, 0.1) is 0 Å². The van der Waals surface area contributed by atoms with E-state index in [2.05, 4.69) is 15.6 Å². The zero-order valence-electron chi connectivity index (χ0n) is 14.7. The van der Waals surface area contributed by atoms with Gasteiger partial charge in [-0.05, 0) is 32.4 Å². The van der Waals surface area contributed by atoms with Crippen LogP contribution in [0.15, 0.2) is 24.3 Å². The van der Waals surface area contributed by atoms with Crippen LogP contribution in [0.1, 0.15) is 37.7 Å². The molecule has 0 atom stereocenters. The predicted octanol–water partition coefficient (Wildman–Crippen LogP) is 3.75. The van der Waals surface area contributed by atoms with E-state index >= 15 is 0 Å². The lowest BCUT2D eigenvalue weighted by Crippen LogP contribution is -2.43. The van der Waals surface area contributed by atoms with Crippen LogP contribution in [0.5, 0.6) is 11.5 Å². The standard InChI is InChI=1S/C18H19F2N3O3/c1-4-18(2,3)23-17(24)15-16-13(25-9-26-16)8-14(22-15)21-12-6-10(19)5-11(20)7-12/h5-8H,4,9H2,1-3H3,(H,21,22)(H,23,24). The van der Waals surface area contributed by atoms with Crippen molar-refractivity contribution in [3.05, 3.63) is 41.6 Å². The molecule has 1 aromatic carbocycles. The first-order valence-electron chi connectivity index (χ1n) is 8.13. The van der Waals surface area contributed by atoms with Crippen LogP contribution in [0.4, 0.5) is 20.3 Å². The number of rotatable bonds is 5. The van der Waals surface area contributed by atoms with Gasteiger partial charge in [-0.3, -0.25) is 4.79 Å². The Labute approximate surface area is 149 Å². The third-order valence-corrected chi connectivity index (χ3v) is 4.04. The molecule has 6 nitrogen and oxygen atoms in total. The van der Waals surface area contributed by atoms with Crippen molar-refractivity contribution in [3.63, 3.8) is 0 Å². The molecule has 2 aromatic rings. The number of carbonyl (C=O) groups is 1. The molecule has 1 aliphatic heterocycles. The molecular formula is C18H19F2N3O3. The molecule has 1 amide bonds. The number of ether oxygens (including phenoxy) is 2. The lowest BCUT2D eigenvalue weighted by molar-refractivity contribution is 0.0901. The number of halogens is 2. The Bertz CT molecular complexity index is 836. The van der Waals surface area contributed by atoms with Crippen molar-refractivity contribution in [1.29, 1.82) is 0 Å². The Hall–Kier alpha value is -2.90. The monoisotopic (exact) mass is 363 g/mol. The number of benzene rings is 1. The number of hydrogen-bond donors (Lipinski definition) is 2. The van der Waals surface area contributed by atoms with Crippen molar-refractivity contribution in [3.8, 4) is 11.5 Å². The van der Waals surface area contributed by atoms with Crippen molar-refractivity contribution in [1.82, 2.24) is 10.3 Å². The molecule has 26 heavy (non-hydrogen) atoms. The first-order chi connectivity index (χ1) is 12.3. The van der Waals surface area contributed by atoms with E-state index in [0.29, 0.717) is 5.75 Å². The highest BCUT2D eigenvalue weighted by Crippen LogP contribution is 2.37. The van der Waals surface area contributed by atoms with Crippen LogP contribution in [0.3, 0.4) is 0 Å². The van der Waals surface area contributed by atoms with Crippen molar-refractivity contribution in [2.24, 2.45) is 0 Å². The van der Waals surface area contributed by atoms with Crippen LogP contribution in [-0.4, -0.2) is 23.2 Å². The Morgan fingerprint density at radius 1 is 1.19 bits per heavy atom. The summed E-state index contributed by atoms with van der Waals surface area (Å²) in [6.07, 6.45) is 0.721. The maximum atomic E-state index is 13.4. The quantitative estimate of drug-likeness (QED) is 0.846. The summed E-state index contributed by atoms with van der Waals surface area (Å²) in [6, 6.07) is 4.52. The molecule has 0 spiro atoms. The summed E-state index contributed by atoms with van der Waals surface area (Å²) in [6.45, 7) is 5.70. The van der Waals surface area contributed by atoms with Crippen LogP contribution < -0.4 is 20.1 Å². The average Bonchev–Trinajstić information content (AvgIpc) is 3.01. The van der Waals surface area contributed by atoms with E-state index in [1.165, 1.54) is 6.07 Å². The van der Waals surface area contributed by atoms with E-state index in [1.807, 2.05) is 20.8 Å². The SMILES string of the molecule is CCC(C)(C)NC(=O)c1nc(Nc2cc(F)cc(F)c2)cc2c1OCO2. The second kappa shape index (κ2) is 6.78. The third kappa shape index (κ3) is 3.84. The van der Waals surface area contributed by atoms with E-state index in [0.717, 1.165) is 24.6 Å². The van der Waals surface area contributed by atoms with Gasteiger partial charge in [0.15, 0.2) is 17.2 Å². The maximum Gasteiger partial charge on any atom is 0.274 e. The molecule has 0 fully saturated rings. The van der Waals surface area contributed by atoms with Crippen LogP contribution in [0, 0.1) is 11.6 Å². The highest BCUT2D eigenvalue weighted by Gasteiger charge is 2.28. The number of nitrogens with zero attached hydrogens (tertiary/aromatic N) is 1. The van der Waals surface area contributed by atoms with Crippen LogP contribution in [0.25, 0.3) is 0 Å². The molecule has 1 aliphatic rings. The summed E-state index contributed by atoms with van der Waals surface area (Å²) >= 11 is 0. The van der Waals surface area contributed by atoms with E-state index in [4.69, 9.17) is 9.47 Å². The number of carbonyl (C=O) groups excluding carboxylic acids is 1. The molecule has 8 heteroatoms. The fourth-order valence-electron chi connectivity index (χ4n) is 2.36. The van der Waals surface area contributed by atoms with Gasteiger partial charge < -0.3 is 20.1 Å². The fourth-order valence-corrected chi connectivity index (χ4v) is 2.36. The Morgan fingerprint density at radius 2 is 1.88 bits per heavy atom. The van der Waals surface area contributed by atoms with Gasteiger partial charge in [-0.15, -0.1) is 0 Å². The minimum absolute atomic E-state index is 0.0352. The molecule has 3 rings (SSSR count). The van der Waals surface area contributed by atoms with Gasteiger partial charge in [-0.2, -0.15) is 0 Å². The molecular weight excluding hydrogens is 344 g/mol. The Balaban J connectivity index is 1.94. The number of hydrogen-bond acceptors (Lipinski definition) is 5. The summed E-state index contributed by atoms with van der Waals surface area (Å²) in [5.74, 6) is -1.10. The molecule has 0 radical (unpaired) electrons. The first kappa shape index (κ1) is 17.9. The van der Waals surface area contributed by atoms with E-state index in [1.54, 1.807) is 0 Å². The molecule has 0 aliphatic carbocycles. The van der Waals surface area contributed by atoms with Gasteiger partial charge in [0.25, 0.3) is 5.91 Å². The molecule has 0 saturated heterocycles. The zero-order chi connectivity index (χ0) is 18.9. The van der Waals surface area contributed by atoms with Gasteiger partial charge in [0.1, 0.15) is 17.5 Å². The highest BCUT2D eigenvalue weighted by atomic mass is 19.1. The zero-order valence-corrected chi connectivity index (χ0v) is 14.7. The van der Waals surface area contributed by atoms with Crippen molar-refractivity contribution in [2.45, 2.75) is 32.7 Å². The molecule has 0 saturated carbocycles. The number of amides is 1. The van der Waals surface area contributed by atoms with Gasteiger partial charge in [0.2, 0.25) is 6.79 Å². The van der Waals surface area contributed by atoms with Crippen LogP contribution in [-0.2, 0) is 0 Å². The second-order valence-corrected chi connectivity index (χ2v) is 6.56. The minimum Gasteiger partial charge on any atom is -0.453 e. The Kier molecular flexibility index (Phi) is 4.67. The first-order valence-corrected chi connectivity index (χ1v) is 8.13. The summed E-state index contributed by atoms with van der Waals surface area (Å²) < 4.78 is 37.4. The van der Waals surface area contributed by atoms with Crippen molar-refractivity contribution >= 4 is 17.4 Å². The van der Waals surface area contributed by atoms with Gasteiger partial charge in [-0.25, -0.2) is 13.8 Å². The summed E-state index contributed by atoms with van der Waals surface area (Å²) in [7, 11) is 0. The number of pyridine rings is 1. The lowest BCUT2D eigenvalue weighted by Gasteiger charge is -2.24. The van der Waals surface area contributed by atoms with E-state index in [-0.39, 0.29) is 29.7 Å².